The largest absolute Gasteiger partial charge is 0.326 e. The molecule has 0 aliphatic rings. The van der Waals surface area contributed by atoms with Crippen LogP contribution in [-0.2, 0) is 4.79 Å². The van der Waals surface area contributed by atoms with Gasteiger partial charge in [-0.1, -0.05) is 18.2 Å². The van der Waals surface area contributed by atoms with E-state index in [2.05, 4.69) is 15.6 Å². The Balaban J connectivity index is 1.64. The summed E-state index contributed by atoms with van der Waals surface area (Å²) in [5, 5.41) is 5.87. The zero-order valence-electron chi connectivity index (χ0n) is 19.7. The number of thiophene rings is 1. The van der Waals surface area contributed by atoms with Gasteiger partial charge in [-0.3, -0.25) is 23.7 Å². The molecule has 0 saturated carbocycles. The Morgan fingerprint density at radius 2 is 1.69 bits per heavy atom. The summed E-state index contributed by atoms with van der Waals surface area (Å²) in [6.45, 7) is 6.65. The average Bonchev–Trinajstić information content (AvgIpc) is 3.17. The Bertz CT molecular complexity index is 1520. The maximum absolute atomic E-state index is 13.3. The Morgan fingerprint density at radius 1 is 1.00 bits per heavy atom. The number of Topliss-reactive ketones (excluding diaryl/α,β-unsaturated/α-hetero) is 1. The number of para-hydroxylation sites is 1. The van der Waals surface area contributed by atoms with Gasteiger partial charge in [-0.15, -0.1) is 11.3 Å². The summed E-state index contributed by atoms with van der Waals surface area (Å²) in [6.07, 6.45) is 1.35. The second-order valence-corrected chi connectivity index (χ2v) is 9.26. The highest BCUT2D eigenvalue weighted by molar-refractivity contribution is 7.20. The van der Waals surface area contributed by atoms with Crippen molar-refractivity contribution in [3.05, 3.63) is 86.8 Å². The monoisotopic (exact) mass is 488 g/mol. The normalized spacial score (nSPS) is 11.8. The highest BCUT2D eigenvalue weighted by atomic mass is 32.1. The van der Waals surface area contributed by atoms with Crippen molar-refractivity contribution >= 4 is 50.5 Å². The van der Waals surface area contributed by atoms with Gasteiger partial charge >= 0.3 is 0 Å². The molecule has 4 aromatic rings. The third-order valence-corrected chi connectivity index (χ3v) is 6.96. The maximum Gasteiger partial charge on any atom is 0.266 e. The SMILES string of the molecule is CC(=O)Nc1ccc(C(=O)C(C)n2cnc3sc(C(=O)Nc4ccccc4C)c(C)c3c2=O)cc1. The molecule has 35 heavy (non-hydrogen) atoms. The number of nitrogens with zero attached hydrogens (tertiary/aromatic N) is 2. The zero-order valence-corrected chi connectivity index (χ0v) is 20.5. The van der Waals surface area contributed by atoms with Crippen molar-refractivity contribution in [2.24, 2.45) is 0 Å². The lowest BCUT2D eigenvalue weighted by atomic mass is 10.0. The fourth-order valence-corrected chi connectivity index (χ4v) is 4.85. The Hall–Kier alpha value is -4.11. The molecule has 0 bridgehead atoms. The molecule has 2 amide bonds. The van der Waals surface area contributed by atoms with Crippen LogP contribution in [0.1, 0.15) is 51.0 Å². The molecule has 0 aliphatic heterocycles. The number of aryl methyl sites for hydroxylation is 2. The molecule has 2 aromatic heterocycles. The first-order chi connectivity index (χ1) is 16.7. The number of ketones is 1. The first-order valence-electron chi connectivity index (χ1n) is 11.0. The number of hydrogen-bond acceptors (Lipinski definition) is 6. The molecular weight excluding hydrogens is 464 g/mol. The molecule has 0 fully saturated rings. The van der Waals surface area contributed by atoms with Crippen LogP contribution in [0.3, 0.4) is 0 Å². The predicted molar refractivity (Wildman–Crippen MR) is 138 cm³/mol. The van der Waals surface area contributed by atoms with Gasteiger partial charge in [0.1, 0.15) is 4.83 Å². The minimum Gasteiger partial charge on any atom is -0.326 e. The number of hydrogen-bond donors (Lipinski definition) is 2. The molecule has 1 unspecified atom stereocenters. The van der Waals surface area contributed by atoms with Gasteiger partial charge in [0.15, 0.2) is 5.78 Å². The van der Waals surface area contributed by atoms with E-state index >= 15 is 0 Å². The van der Waals surface area contributed by atoms with E-state index in [1.807, 2.05) is 31.2 Å². The third-order valence-electron chi connectivity index (χ3n) is 5.76. The van der Waals surface area contributed by atoms with Crippen LogP contribution in [-0.4, -0.2) is 27.1 Å². The van der Waals surface area contributed by atoms with Gasteiger partial charge in [0.25, 0.3) is 11.5 Å². The number of aromatic nitrogens is 2. The molecule has 9 heteroatoms. The van der Waals surface area contributed by atoms with Crippen molar-refractivity contribution in [1.82, 2.24) is 9.55 Å². The van der Waals surface area contributed by atoms with Crippen molar-refractivity contribution in [2.45, 2.75) is 33.7 Å². The van der Waals surface area contributed by atoms with Crippen LogP contribution < -0.4 is 16.2 Å². The zero-order chi connectivity index (χ0) is 25.3. The lowest BCUT2D eigenvalue weighted by Crippen LogP contribution is -2.28. The van der Waals surface area contributed by atoms with Crippen LogP contribution in [0.5, 0.6) is 0 Å². The fourth-order valence-electron chi connectivity index (χ4n) is 3.81. The quantitative estimate of drug-likeness (QED) is 0.381. The van der Waals surface area contributed by atoms with Gasteiger partial charge in [0.05, 0.1) is 22.6 Å². The standard InChI is InChI=1S/C26H24N4O4S/c1-14-7-5-6-8-20(14)29-24(33)23-15(2)21-25(35-23)27-13-30(26(21)34)16(3)22(32)18-9-11-19(12-10-18)28-17(4)31/h5-13,16H,1-4H3,(H,28,31)(H,29,33). The van der Waals surface area contributed by atoms with Crippen LogP contribution >= 0.6 is 11.3 Å². The molecule has 0 spiro atoms. The van der Waals surface area contributed by atoms with Crippen LogP contribution in [0.2, 0.25) is 0 Å². The van der Waals surface area contributed by atoms with Gasteiger partial charge in [-0.2, -0.15) is 0 Å². The molecular formula is C26H24N4O4S. The van der Waals surface area contributed by atoms with E-state index < -0.39 is 6.04 Å². The molecule has 0 radical (unpaired) electrons. The van der Waals surface area contributed by atoms with Gasteiger partial charge in [0.2, 0.25) is 5.91 Å². The van der Waals surface area contributed by atoms with E-state index in [1.165, 1.54) is 17.8 Å². The Kier molecular flexibility index (Phi) is 6.61. The van der Waals surface area contributed by atoms with E-state index in [0.717, 1.165) is 16.9 Å². The van der Waals surface area contributed by atoms with Crippen molar-refractivity contribution in [3.63, 3.8) is 0 Å². The minimum atomic E-state index is -0.811. The van der Waals surface area contributed by atoms with Crippen molar-refractivity contribution < 1.29 is 14.4 Å². The molecule has 1 atom stereocenters. The van der Waals surface area contributed by atoms with Crippen LogP contribution in [0.25, 0.3) is 10.2 Å². The van der Waals surface area contributed by atoms with Crippen molar-refractivity contribution in [3.8, 4) is 0 Å². The number of benzene rings is 2. The number of carbonyl (C=O) groups is 3. The second-order valence-electron chi connectivity index (χ2n) is 8.26. The summed E-state index contributed by atoms with van der Waals surface area (Å²) in [5.41, 5.74) is 2.75. The van der Waals surface area contributed by atoms with Gasteiger partial charge in [-0.05, 0) is 62.2 Å². The van der Waals surface area contributed by atoms with Gasteiger partial charge < -0.3 is 10.6 Å². The van der Waals surface area contributed by atoms with E-state index in [1.54, 1.807) is 38.1 Å². The van der Waals surface area contributed by atoms with Crippen LogP contribution in [0.15, 0.2) is 59.7 Å². The van der Waals surface area contributed by atoms with Crippen molar-refractivity contribution in [1.29, 1.82) is 0 Å². The fraction of sp³-hybridized carbons (Fsp3) is 0.192. The van der Waals surface area contributed by atoms with Crippen LogP contribution in [0, 0.1) is 13.8 Å². The summed E-state index contributed by atoms with van der Waals surface area (Å²) in [6, 6.07) is 13.1. The first-order valence-corrected chi connectivity index (χ1v) is 11.8. The van der Waals surface area contributed by atoms with Crippen LogP contribution in [0.4, 0.5) is 11.4 Å². The molecule has 2 aromatic carbocycles. The number of anilines is 2. The Labute approximate surface area is 205 Å². The highest BCUT2D eigenvalue weighted by Gasteiger charge is 2.24. The summed E-state index contributed by atoms with van der Waals surface area (Å²) in [5.74, 6) is -0.788. The number of rotatable bonds is 6. The smallest absolute Gasteiger partial charge is 0.266 e. The number of carbonyl (C=O) groups excluding carboxylic acids is 3. The molecule has 2 heterocycles. The Morgan fingerprint density at radius 3 is 2.34 bits per heavy atom. The molecule has 8 nitrogen and oxygen atoms in total. The lowest BCUT2D eigenvalue weighted by molar-refractivity contribution is -0.114. The van der Waals surface area contributed by atoms with E-state index in [9.17, 15) is 19.2 Å². The van der Waals surface area contributed by atoms with Gasteiger partial charge in [0, 0.05) is 23.9 Å². The summed E-state index contributed by atoms with van der Waals surface area (Å²) in [4.78, 5) is 55.8. The highest BCUT2D eigenvalue weighted by Crippen LogP contribution is 2.28. The van der Waals surface area contributed by atoms with E-state index in [0.29, 0.717) is 37.6 Å². The second kappa shape index (κ2) is 9.63. The molecule has 2 N–H and O–H groups in total. The molecule has 178 valence electrons. The van der Waals surface area contributed by atoms with Gasteiger partial charge in [-0.25, -0.2) is 4.98 Å². The summed E-state index contributed by atoms with van der Waals surface area (Å²) < 4.78 is 1.29. The summed E-state index contributed by atoms with van der Waals surface area (Å²) in [7, 11) is 0. The third kappa shape index (κ3) is 4.76. The molecule has 0 saturated heterocycles. The minimum absolute atomic E-state index is 0.207. The summed E-state index contributed by atoms with van der Waals surface area (Å²) >= 11 is 1.15. The van der Waals surface area contributed by atoms with E-state index in [4.69, 9.17) is 0 Å². The molecule has 0 aliphatic carbocycles. The number of fused-ring (bicyclic) bond motifs is 1. The maximum atomic E-state index is 13.3. The first kappa shape index (κ1) is 24.0. The number of amides is 2. The molecule has 4 rings (SSSR count). The lowest BCUT2D eigenvalue weighted by Gasteiger charge is -2.14. The predicted octanol–water partition coefficient (Wildman–Crippen LogP) is 4.73. The van der Waals surface area contributed by atoms with E-state index in [-0.39, 0.29) is 23.2 Å². The average molecular weight is 489 g/mol. The van der Waals surface area contributed by atoms with Crippen molar-refractivity contribution in [2.75, 3.05) is 10.6 Å². The topological polar surface area (TPSA) is 110 Å². The number of nitrogens with one attached hydrogen (secondary N) is 2.